The number of para-hydroxylation sites is 1. The zero-order chi connectivity index (χ0) is 21.5. The topological polar surface area (TPSA) is 59.5 Å². The highest BCUT2D eigenvalue weighted by molar-refractivity contribution is 7.99. The van der Waals surface area contributed by atoms with Crippen molar-refractivity contribution in [3.8, 4) is 0 Å². The van der Waals surface area contributed by atoms with Gasteiger partial charge in [-0.05, 0) is 54.7 Å². The molecule has 1 saturated carbocycles. The third-order valence-corrected chi connectivity index (χ3v) is 7.21. The van der Waals surface area contributed by atoms with Gasteiger partial charge in [0.1, 0.15) is 0 Å². The monoisotopic (exact) mass is 426 g/mol. The summed E-state index contributed by atoms with van der Waals surface area (Å²) in [6.07, 6.45) is 3.21. The van der Waals surface area contributed by atoms with Crippen LogP contribution in [0.15, 0.2) is 35.4 Å². The lowest BCUT2D eigenvalue weighted by Gasteiger charge is -2.39. The van der Waals surface area contributed by atoms with Gasteiger partial charge in [0.2, 0.25) is 0 Å². The smallest absolute Gasteiger partial charge is 0.316 e. The zero-order valence-electron chi connectivity index (χ0n) is 18.2. The molecule has 2 heterocycles. The number of amides is 1. The Labute approximate surface area is 182 Å². The highest BCUT2D eigenvalue weighted by atomic mass is 32.2. The van der Waals surface area contributed by atoms with E-state index in [0.717, 1.165) is 47.3 Å². The van der Waals surface area contributed by atoms with Gasteiger partial charge in [-0.25, -0.2) is 4.98 Å². The number of thioether (sulfide) groups is 1. The fourth-order valence-corrected chi connectivity index (χ4v) is 6.32. The minimum absolute atomic E-state index is 0.0700. The number of benzene rings is 1. The SMILES string of the molecule is Cc1cc(SCC(=O)OCC(=O)N2C[C@@]3(C)C[C@@H]2CC(C)(C)C3)nc2ccccc12. The van der Waals surface area contributed by atoms with Crippen LogP contribution in [0.4, 0.5) is 0 Å². The fourth-order valence-electron chi connectivity index (χ4n) is 5.54. The van der Waals surface area contributed by atoms with E-state index in [4.69, 9.17) is 4.74 Å². The van der Waals surface area contributed by atoms with Gasteiger partial charge in [-0.2, -0.15) is 0 Å². The Morgan fingerprint density at radius 2 is 2.00 bits per heavy atom. The van der Waals surface area contributed by atoms with E-state index in [0.29, 0.717) is 0 Å². The molecule has 1 aliphatic carbocycles. The van der Waals surface area contributed by atoms with Gasteiger partial charge in [0.25, 0.3) is 5.91 Å². The molecule has 0 radical (unpaired) electrons. The Balaban J connectivity index is 1.30. The fraction of sp³-hybridized carbons (Fsp3) is 0.542. The number of rotatable bonds is 5. The number of pyridine rings is 1. The van der Waals surface area contributed by atoms with Crippen LogP contribution in [0, 0.1) is 17.8 Å². The summed E-state index contributed by atoms with van der Waals surface area (Å²) in [5, 5.41) is 1.90. The molecule has 6 heteroatoms. The molecule has 0 unspecified atom stereocenters. The molecular weight excluding hydrogens is 396 g/mol. The third kappa shape index (κ3) is 4.48. The Hall–Kier alpha value is -2.08. The number of hydrogen-bond acceptors (Lipinski definition) is 5. The van der Waals surface area contributed by atoms with Crippen molar-refractivity contribution in [3.63, 3.8) is 0 Å². The highest BCUT2D eigenvalue weighted by Crippen LogP contribution is 2.52. The molecule has 0 N–H and O–H groups in total. The molecule has 2 bridgehead atoms. The lowest BCUT2D eigenvalue weighted by Crippen LogP contribution is -2.40. The first kappa shape index (κ1) is 21.2. The summed E-state index contributed by atoms with van der Waals surface area (Å²) >= 11 is 1.35. The second-order valence-electron chi connectivity index (χ2n) is 9.98. The van der Waals surface area contributed by atoms with Crippen LogP contribution in [-0.2, 0) is 14.3 Å². The van der Waals surface area contributed by atoms with E-state index in [2.05, 4.69) is 25.8 Å². The number of aryl methyl sites for hydroxylation is 1. The summed E-state index contributed by atoms with van der Waals surface area (Å²) in [4.78, 5) is 31.5. The van der Waals surface area contributed by atoms with Gasteiger partial charge in [-0.15, -0.1) is 0 Å². The number of fused-ring (bicyclic) bond motifs is 3. The van der Waals surface area contributed by atoms with Crippen LogP contribution in [0.1, 0.15) is 45.6 Å². The second kappa shape index (κ2) is 7.88. The van der Waals surface area contributed by atoms with Crippen molar-refractivity contribution in [2.24, 2.45) is 10.8 Å². The van der Waals surface area contributed by atoms with Crippen LogP contribution in [0.5, 0.6) is 0 Å². The van der Waals surface area contributed by atoms with Crippen molar-refractivity contribution in [3.05, 3.63) is 35.9 Å². The number of esters is 1. The van der Waals surface area contributed by atoms with Crippen molar-refractivity contribution in [1.29, 1.82) is 0 Å². The van der Waals surface area contributed by atoms with E-state index < -0.39 is 0 Å². The van der Waals surface area contributed by atoms with Crippen molar-refractivity contribution in [2.45, 2.75) is 58.0 Å². The first-order chi connectivity index (χ1) is 14.1. The standard InChI is InChI=1S/C24H30N2O3S/c1-16-9-20(25-19-8-6-5-7-18(16)19)30-13-22(28)29-12-21(27)26-15-24(4)11-17(26)10-23(2,3)14-24/h5-9,17H,10-15H2,1-4H3/t17-,24-/m0/s1. The summed E-state index contributed by atoms with van der Waals surface area (Å²) in [5.41, 5.74) is 2.48. The summed E-state index contributed by atoms with van der Waals surface area (Å²) in [7, 11) is 0. The quantitative estimate of drug-likeness (QED) is 0.516. The van der Waals surface area contributed by atoms with Crippen molar-refractivity contribution in [1.82, 2.24) is 9.88 Å². The van der Waals surface area contributed by atoms with Gasteiger partial charge in [-0.3, -0.25) is 9.59 Å². The number of likely N-dealkylation sites (tertiary alicyclic amines) is 1. The van der Waals surface area contributed by atoms with E-state index in [1.165, 1.54) is 11.8 Å². The molecule has 160 valence electrons. The first-order valence-corrected chi connectivity index (χ1v) is 11.6. The average Bonchev–Trinajstić information content (AvgIpc) is 2.93. The molecule has 1 amide bonds. The minimum Gasteiger partial charge on any atom is -0.455 e. The first-order valence-electron chi connectivity index (χ1n) is 10.6. The predicted molar refractivity (Wildman–Crippen MR) is 119 cm³/mol. The number of carbonyl (C=O) groups excluding carboxylic acids is 2. The highest BCUT2D eigenvalue weighted by Gasteiger charge is 2.50. The maximum absolute atomic E-state index is 12.7. The number of hydrogen-bond donors (Lipinski definition) is 0. The van der Waals surface area contributed by atoms with E-state index in [9.17, 15) is 9.59 Å². The van der Waals surface area contributed by atoms with Gasteiger partial charge in [0, 0.05) is 18.0 Å². The molecule has 1 saturated heterocycles. The second-order valence-corrected chi connectivity index (χ2v) is 11.0. The minimum atomic E-state index is -0.380. The molecule has 1 aromatic heterocycles. The van der Waals surface area contributed by atoms with Crippen molar-refractivity contribution >= 4 is 34.5 Å². The van der Waals surface area contributed by atoms with Crippen molar-refractivity contribution < 1.29 is 14.3 Å². The Kier molecular flexibility index (Phi) is 5.56. The zero-order valence-corrected chi connectivity index (χ0v) is 19.1. The molecule has 1 aliphatic heterocycles. The molecule has 2 fully saturated rings. The van der Waals surface area contributed by atoms with Gasteiger partial charge < -0.3 is 9.64 Å². The summed E-state index contributed by atoms with van der Waals surface area (Å²) in [6.45, 7) is 9.48. The lowest BCUT2D eigenvalue weighted by atomic mass is 9.65. The normalized spacial score (nSPS) is 24.8. The van der Waals surface area contributed by atoms with Gasteiger partial charge in [-0.1, -0.05) is 50.7 Å². The van der Waals surface area contributed by atoms with E-state index in [1.54, 1.807) is 0 Å². The van der Waals surface area contributed by atoms with E-state index >= 15 is 0 Å². The van der Waals surface area contributed by atoms with E-state index in [-0.39, 0.29) is 41.1 Å². The average molecular weight is 427 g/mol. The molecule has 30 heavy (non-hydrogen) atoms. The summed E-state index contributed by atoms with van der Waals surface area (Å²) in [6, 6.07) is 10.2. The number of carbonyl (C=O) groups is 2. The van der Waals surface area contributed by atoms with E-state index in [1.807, 2.05) is 42.2 Å². The third-order valence-electron chi connectivity index (χ3n) is 6.33. The maximum Gasteiger partial charge on any atom is 0.316 e. The maximum atomic E-state index is 12.7. The number of aromatic nitrogens is 1. The molecule has 0 spiro atoms. The Morgan fingerprint density at radius 1 is 1.23 bits per heavy atom. The van der Waals surface area contributed by atoms with Crippen LogP contribution >= 0.6 is 11.8 Å². The molecule has 4 rings (SSSR count). The Morgan fingerprint density at radius 3 is 2.80 bits per heavy atom. The molecule has 1 aromatic carbocycles. The van der Waals surface area contributed by atoms with Gasteiger partial charge in [0.05, 0.1) is 16.3 Å². The Bertz CT molecular complexity index is 990. The number of nitrogens with zero attached hydrogens (tertiary/aromatic N) is 2. The molecule has 2 aromatic rings. The molecular formula is C24H30N2O3S. The van der Waals surface area contributed by atoms with Gasteiger partial charge >= 0.3 is 5.97 Å². The summed E-state index contributed by atoms with van der Waals surface area (Å²) < 4.78 is 5.31. The van der Waals surface area contributed by atoms with Crippen LogP contribution in [0.3, 0.4) is 0 Å². The summed E-state index contributed by atoms with van der Waals surface area (Å²) in [5.74, 6) is -0.305. The van der Waals surface area contributed by atoms with Crippen molar-refractivity contribution in [2.75, 3.05) is 18.9 Å². The largest absolute Gasteiger partial charge is 0.455 e. The van der Waals surface area contributed by atoms with Gasteiger partial charge in [0.15, 0.2) is 6.61 Å². The lowest BCUT2D eigenvalue weighted by molar-refractivity contribution is -0.150. The molecule has 2 atom stereocenters. The van der Waals surface area contributed by atoms with Crippen LogP contribution in [-0.4, -0.2) is 46.7 Å². The number of ether oxygens (including phenoxy) is 1. The molecule has 2 aliphatic rings. The van der Waals surface area contributed by atoms with Crippen LogP contribution in [0.2, 0.25) is 0 Å². The van der Waals surface area contributed by atoms with Crippen LogP contribution < -0.4 is 0 Å². The van der Waals surface area contributed by atoms with Crippen LogP contribution in [0.25, 0.3) is 10.9 Å². The molecule has 5 nitrogen and oxygen atoms in total. The predicted octanol–water partition coefficient (Wildman–Crippen LogP) is 4.61.